The van der Waals surface area contributed by atoms with E-state index in [9.17, 15) is 15.0 Å². The molecule has 0 saturated heterocycles. The largest absolute Gasteiger partial charge is 0.465 e. The van der Waals surface area contributed by atoms with Crippen molar-refractivity contribution in [3.63, 3.8) is 0 Å². The highest BCUT2D eigenvalue weighted by Gasteiger charge is 2.15. The van der Waals surface area contributed by atoms with Gasteiger partial charge >= 0.3 is 0 Å². The van der Waals surface area contributed by atoms with Crippen LogP contribution < -0.4 is 0 Å². The third kappa shape index (κ3) is 12.4. The molecule has 23 heavy (non-hydrogen) atoms. The second-order valence-corrected chi connectivity index (χ2v) is 5.98. The number of ether oxygens (including phenoxy) is 1. The molecule has 0 radical (unpaired) electrons. The third-order valence-electron chi connectivity index (χ3n) is 4.02. The molecule has 0 bridgehead atoms. The Balaban J connectivity index is 3.85. The van der Waals surface area contributed by atoms with Crippen LogP contribution in [0.4, 0.5) is 0 Å². The van der Waals surface area contributed by atoms with Crippen LogP contribution in [-0.4, -0.2) is 48.2 Å². The van der Waals surface area contributed by atoms with Crippen LogP contribution in [0.25, 0.3) is 0 Å². The van der Waals surface area contributed by atoms with Crippen LogP contribution in [-0.2, 0) is 19.3 Å². The van der Waals surface area contributed by atoms with Crippen molar-refractivity contribution >= 4 is 6.47 Å². The molecule has 4 atom stereocenters. The van der Waals surface area contributed by atoms with Crippen molar-refractivity contribution in [2.75, 3.05) is 7.11 Å². The smallest absolute Gasteiger partial charge is 0.293 e. The molecule has 0 fully saturated rings. The maximum Gasteiger partial charge on any atom is 0.293 e. The Labute approximate surface area is 140 Å². The van der Waals surface area contributed by atoms with E-state index < -0.39 is 12.2 Å². The first-order chi connectivity index (χ1) is 11.1. The normalized spacial score (nSPS) is 16.6. The van der Waals surface area contributed by atoms with Crippen LogP contribution in [0, 0.1) is 0 Å². The van der Waals surface area contributed by atoms with Crippen LogP contribution in [0.15, 0.2) is 0 Å². The van der Waals surface area contributed by atoms with Gasteiger partial charge in [0.2, 0.25) is 0 Å². The van der Waals surface area contributed by atoms with Gasteiger partial charge in [-0.05, 0) is 51.4 Å². The Morgan fingerprint density at radius 1 is 0.870 bits per heavy atom. The van der Waals surface area contributed by atoms with E-state index >= 15 is 0 Å². The van der Waals surface area contributed by atoms with Gasteiger partial charge < -0.3 is 14.9 Å². The molecule has 0 aromatic rings. The second-order valence-electron chi connectivity index (χ2n) is 5.98. The van der Waals surface area contributed by atoms with Gasteiger partial charge in [-0.1, -0.05) is 20.3 Å². The summed E-state index contributed by atoms with van der Waals surface area (Å²) >= 11 is 0. The zero-order chi connectivity index (χ0) is 17.5. The highest BCUT2D eigenvalue weighted by atomic mass is 17.2. The highest BCUT2D eigenvalue weighted by Crippen LogP contribution is 2.16. The SMILES string of the molecule is CCCC(CCC(O)CCC(O)CCC(CC)OOC)OC=O. The molecule has 0 aromatic carbocycles. The molecule has 0 amide bonds. The molecule has 0 spiro atoms. The zero-order valence-electron chi connectivity index (χ0n) is 14.8. The number of rotatable bonds is 16. The summed E-state index contributed by atoms with van der Waals surface area (Å²) < 4.78 is 4.99. The van der Waals surface area contributed by atoms with Crippen molar-refractivity contribution in [3.05, 3.63) is 0 Å². The molecule has 138 valence electrons. The quantitative estimate of drug-likeness (QED) is 0.256. The molecule has 6 heteroatoms. The minimum atomic E-state index is -0.476. The first kappa shape index (κ1) is 22.3. The van der Waals surface area contributed by atoms with Crippen LogP contribution in [0.5, 0.6) is 0 Å². The predicted octanol–water partition coefficient (Wildman–Crippen LogP) is 2.75. The van der Waals surface area contributed by atoms with Gasteiger partial charge in [-0.25, -0.2) is 9.78 Å². The Hall–Kier alpha value is -0.690. The van der Waals surface area contributed by atoms with Gasteiger partial charge in [0.05, 0.1) is 25.4 Å². The van der Waals surface area contributed by atoms with E-state index in [1.807, 2.05) is 13.8 Å². The Morgan fingerprint density at radius 2 is 1.39 bits per heavy atom. The number of carbonyl (C=O) groups excluding carboxylic acids is 1. The Kier molecular flexibility index (Phi) is 14.4. The molecule has 0 aliphatic rings. The van der Waals surface area contributed by atoms with Gasteiger partial charge in [0, 0.05) is 0 Å². The van der Waals surface area contributed by atoms with Gasteiger partial charge in [-0.15, -0.1) is 0 Å². The lowest BCUT2D eigenvalue weighted by molar-refractivity contribution is -0.306. The summed E-state index contributed by atoms with van der Waals surface area (Å²) in [5, 5.41) is 20.0. The van der Waals surface area contributed by atoms with E-state index in [0.29, 0.717) is 38.6 Å². The lowest BCUT2D eigenvalue weighted by Gasteiger charge is -2.19. The maximum atomic E-state index is 10.4. The molecule has 0 aliphatic heterocycles. The highest BCUT2D eigenvalue weighted by molar-refractivity contribution is 5.37. The Morgan fingerprint density at radius 3 is 1.83 bits per heavy atom. The number of hydrogen-bond donors (Lipinski definition) is 2. The lowest BCUT2D eigenvalue weighted by Crippen LogP contribution is -2.19. The van der Waals surface area contributed by atoms with Crippen molar-refractivity contribution in [2.45, 2.75) is 96.1 Å². The molecule has 6 nitrogen and oxygen atoms in total. The second kappa shape index (κ2) is 14.9. The molecular weight excluding hydrogens is 300 g/mol. The molecule has 2 N–H and O–H groups in total. The monoisotopic (exact) mass is 334 g/mol. The van der Waals surface area contributed by atoms with Gasteiger partial charge in [-0.3, -0.25) is 4.79 Å². The average molecular weight is 334 g/mol. The van der Waals surface area contributed by atoms with Crippen LogP contribution in [0.3, 0.4) is 0 Å². The molecule has 4 unspecified atom stereocenters. The van der Waals surface area contributed by atoms with E-state index in [1.165, 1.54) is 7.11 Å². The maximum absolute atomic E-state index is 10.4. The first-order valence-corrected chi connectivity index (χ1v) is 8.71. The fraction of sp³-hybridized carbons (Fsp3) is 0.941. The summed E-state index contributed by atoms with van der Waals surface area (Å²) in [7, 11) is 1.48. The number of aliphatic hydroxyl groups is 2. The minimum Gasteiger partial charge on any atom is -0.465 e. The summed E-state index contributed by atoms with van der Waals surface area (Å²) in [6.07, 6.45) is 5.23. The van der Waals surface area contributed by atoms with Crippen LogP contribution >= 0.6 is 0 Å². The zero-order valence-corrected chi connectivity index (χ0v) is 14.8. The fourth-order valence-corrected chi connectivity index (χ4v) is 2.57. The third-order valence-corrected chi connectivity index (χ3v) is 4.02. The molecular formula is C17H34O6. The molecule has 0 aromatic heterocycles. The van der Waals surface area contributed by atoms with Crippen LogP contribution in [0.2, 0.25) is 0 Å². The fourth-order valence-electron chi connectivity index (χ4n) is 2.57. The van der Waals surface area contributed by atoms with Crippen molar-refractivity contribution in [1.29, 1.82) is 0 Å². The van der Waals surface area contributed by atoms with E-state index in [0.717, 1.165) is 25.7 Å². The summed E-state index contributed by atoms with van der Waals surface area (Å²) in [4.78, 5) is 20.1. The Bertz CT molecular complexity index is 274. The summed E-state index contributed by atoms with van der Waals surface area (Å²) in [5.74, 6) is 0. The van der Waals surface area contributed by atoms with Gasteiger partial charge in [-0.2, -0.15) is 0 Å². The number of carbonyl (C=O) groups is 1. The van der Waals surface area contributed by atoms with Crippen molar-refractivity contribution in [1.82, 2.24) is 0 Å². The topological polar surface area (TPSA) is 85.2 Å². The number of hydrogen-bond acceptors (Lipinski definition) is 6. The van der Waals surface area contributed by atoms with Gasteiger partial charge in [0.25, 0.3) is 6.47 Å². The predicted molar refractivity (Wildman–Crippen MR) is 87.7 cm³/mol. The van der Waals surface area contributed by atoms with Crippen molar-refractivity contribution in [3.8, 4) is 0 Å². The van der Waals surface area contributed by atoms with Gasteiger partial charge in [0.15, 0.2) is 0 Å². The van der Waals surface area contributed by atoms with E-state index in [-0.39, 0.29) is 12.2 Å². The molecule has 0 heterocycles. The minimum absolute atomic E-state index is 0.00475. The van der Waals surface area contributed by atoms with E-state index in [1.54, 1.807) is 0 Å². The molecule has 0 aliphatic carbocycles. The number of aliphatic hydroxyl groups excluding tert-OH is 2. The van der Waals surface area contributed by atoms with E-state index in [2.05, 4.69) is 4.89 Å². The standard InChI is InChI=1S/C17H34O6/c1-4-6-17(22-13-18)12-10-15(20)8-7-14(19)9-11-16(5-2)23-21-3/h13-17,19-20H,4-12H2,1-3H3. The van der Waals surface area contributed by atoms with Crippen LogP contribution in [0.1, 0.15) is 71.6 Å². The average Bonchev–Trinajstić information content (AvgIpc) is 2.54. The summed E-state index contributed by atoms with van der Waals surface area (Å²) in [6.45, 7) is 4.52. The molecule has 0 rings (SSSR count). The lowest BCUT2D eigenvalue weighted by atomic mass is 9.99. The first-order valence-electron chi connectivity index (χ1n) is 8.71. The summed E-state index contributed by atoms with van der Waals surface area (Å²) in [5.41, 5.74) is 0. The van der Waals surface area contributed by atoms with E-state index in [4.69, 9.17) is 9.62 Å². The van der Waals surface area contributed by atoms with Crippen molar-refractivity contribution < 1.29 is 29.5 Å². The summed E-state index contributed by atoms with van der Waals surface area (Å²) in [6, 6.07) is 0. The molecule has 0 saturated carbocycles. The van der Waals surface area contributed by atoms with Gasteiger partial charge in [0.1, 0.15) is 6.10 Å². The van der Waals surface area contributed by atoms with Crippen molar-refractivity contribution in [2.24, 2.45) is 0 Å².